The van der Waals surface area contributed by atoms with Crippen molar-refractivity contribution in [1.82, 2.24) is 9.88 Å². The normalized spacial score (nSPS) is 13.4. The quantitative estimate of drug-likeness (QED) is 0.456. The van der Waals surface area contributed by atoms with Crippen LogP contribution in [0.4, 0.5) is 0 Å². The molecule has 0 aliphatic carbocycles. The smallest absolute Gasteiger partial charge is 0.235 e. The molecule has 0 radical (unpaired) electrons. The minimum atomic E-state index is -0.218. The Hall–Kier alpha value is -3.84. The minimum absolute atomic E-state index is 0.171. The Kier molecular flexibility index (Phi) is 5.25. The highest BCUT2D eigenvalue weighted by atomic mass is 16.5. The fourth-order valence-electron chi connectivity index (χ4n) is 3.80. The molecule has 0 saturated heterocycles. The number of hydrogen-bond donors (Lipinski definition) is 0. The standard InChI is InChI=1S/C25H22N2O5/c1-16-24(32-19-8-6-18(29-2)7-9-19)23(28)20-10-11-22-21(25(20)31-16)14-27(15-30-22)13-17-5-3-4-12-26-17/h3-12H,13-15H2,1-2H3. The lowest BCUT2D eigenvalue weighted by atomic mass is 10.1. The first-order valence-corrected chi connectivity index (χ1v) is 10.3. The molecule has 1 aliphatic heterocycles. The number of methoxy groups -OCH3 is 1. The average molecular weight is 430 g/mol. The van der Waals surface area contributed by atoms with Crippen LogP contribution in [0.15, 0.2) is 70.0 Å². The monoisotopic (exact) mass is 430 g/mol. The van der Waals surface area contributed by atoms with Gasteiger partial charge in [-0.1, -0.05) is 6.07 Å². The van der Waals surface area contributed by atoms with Crippen LogP contribution in [0.25, 0.3) is 11.0 Å². The summed E-state index contributed by atoms with van der Waals surface area (Å²) >= 11 is 0. The zero-order chi connectivity index (χ0) is 22.1. The van der Waals surface area contributed by atoms with Crippen molar-refractivity contribution >= 4 is 11.0 Å². The van der Waals surface area contributed by atoms with Crippen molar-refractivity contribution in [2.75, 3.05) is 13.8 Å². The highest BCUT2D eigenvalue weighted by Gasteiger charge is 2.24. The zero-order valence-corrected chi connectivity index (χ0v) is 17.8. The van der Waals surface area contributed by atoms with E-state index in [1.54, 1.807) is 50.6 Å². The fraction of sp³-hybridized carbons (Fsp3) is 0.200. The maximum atomic E-state index is 13.3. The third-order valence-corrected chi connectivity index (χ3v) is 5.42. The van der Waals surface area contributed by atoms with Gasteiger partial charge < -0.3 is 18.6 Å². The van der Waals surface area contributed by atoms with Crippen molar-refractivity contribution in [1.29, 1.82) is 0 Å². The summed E-state index contributed by atoms with van der Waals surface area (Å²) < 4.78 is 23.1. The number of fused-ring (bicyclic) bond motifs is 3. The largest absolute Gasteiger partial charge is 0.497 e. The number of benzene rings is 2. The lowest BCUT2D eigenvalue weighted by molar-refractivity contribution is 0.0878. The first kappa shape index (κ1) is 20.1. The van der Waals surface area contributed by atoms with E-state index in [-0.39, 0.29) is 11.2 Å². The van der Waals surface area contributed by atoms with Gasteiger partial charge in [0.05, 0.1) is 23.8 Å². The average Bonchev–Trinajstić information content (AvgIpc) is 2.83. The van der Waals surface area contributed by atoms with Crippen molar-refractivity contribution in [3.05, 3.63) is 88.0 Å². The number of hydrogen-bond acceptors (Lipinski definition) is 7. The van der Waals surface area contributed by atoms with E-state index in [1.807, 2.05) is 24.3 Å². The van der Waals surface area contributed by atoms with Crippen LogP contribution < -0.4 is 19.6 Å². The molecule has 0 fully saturated rings. The molecule has 0 bridgehead atoms. The van der Waals surface area contributed by atoms with Gasteiger partial charge in [0, 0.05) is 19.3 Å². The topological polar surface area (TPSA) is 74.0 Å². The molecule has 2 aromatic carbocycles. The third kappa shape index (κ3) is 3.78. The third-order valence-electron chi connectivity index (χ3n) is 5.42. The van der Waals surface area contributed by atoms with Crippen molar-refractivity contribution in [3.63, 3.8) is 0 Å². The molecule has 0 N–H and O–H groups in total. The zero-order valence-electron chi connectivity index (χ0n) is 17.8. The van der Waals surface area contributed by atoms with Crippen LogP contribution in [0, 0.1) is 6.92 Å². The fourth-order valence-corrected chi connectivity index (χ4v) is 3.80. The summed E-state index contributed by atoms with van der Waals surface area (Å²) in [4.78, 5) is 19.8. The summed E-state index contributed by atoms with van der Waals surface area (Å²) in [5.41, 5.74) is 2.11. The van der Waals surface area contributed by atoms with E-state index < -0.39 is 0 Å². The van der Waals surface area contributed by atoms with Gasteiger partial charge in [-0.2, -0.15) is 0 Å². The summed E-state index contributed by atoms with van der Waals surface area (Å²) in [5, 5.41) is 0.459. The molecule has 7 heteroatoms. The summed E-state index contributed by atoms with van der Waals surface area (Å²) in [6.45, 7) is 3.40. The Balaban J connectivity index is 1.49. The molecule has 2 aromatic heterocycles. The Labute approximate surface area is 184 Å². The Morgan fingerprint density at radius 1 is 1.06 bits per heavy atom. The van der Waals surface area contributed by atoms with Crippen molar-refractivity contribution in [2.24, 2.45) is 0 Å². The lowest BCUT2D eigenvalue weighted by Gasteiger charge is -2.29. The van der Waals surface area contributed by atoms with Gasteiger partial charge in [0.25, 0.3) is 0 Å². The number of nitrogens with zero attached hydrogens (tertiary/aromatic N) is 2. The summed E-state index contributed by atoms with van der Waals surface area (Å²) in [7, 11) is 1.60. The second-order valence-electron chi connectivity index (χ2n) is 7.59. The summed E-state index contributed by atoms with van der Waals surface area (Å²) in [5.74, 6) is 2.55. The highest BCUT2D eigenvalue weighted by molar-refractivity contribution is 5.83. The molecule has 0 atom stereocenters. The molecular formula is C25H22N2O5. The predicted molar refractivity (Wildman–Crippen MR) is 119 cm³/mol. The Morgan fingerprint density at radius 2 is 1.88 bits per heavy atom. The van der Waals surface area contributed by atoms with Gasteiger partial charge in [-0.15, -0.1) is 0 Å². The van der Waals surface area contributed by atoms with Crippen LogP contribution in [0.3, 0.4) is 0 Å². The van der Waals surface area contributed by atoms with E-state index in [2.05, 4.69) is 9.88 Å². The van der Waals surface area contributed by atoms with E-state index in [1.165, 1.54) is 0 Å². The van der Waals surface area contributed by atoms with E-state index in [0.29, 0.717) is 48.0 Å². The van der Waals surface area contributed by atoms with Crippen LogP contribution in [-0.4, -0.2) is 23.7 Å². The molecule has 1 aliphatic rings. The number of ether oxygens (including phenoxy) is 3. The Morgan fingerprint density at radius 3 is 2.62 bits per heavy atom. The first-order chi connectivity index (χ1) is 15.6. The molecule has 7 nitrogen and oxygen atoms in total. The molecule has 0 spiro atoms. The van der Waals surface area contributed by atoms with E-state index >= 15 is 0 Å². The molecule has 0 amide bonds. The maximum absolute atomic E-state index is 13.3. The van der Waals surface area contributed by atoms with Crippen molar-refractivity contribution in [2.45, 2.75) is 20.0 Å². The molecule has 3 heterocycles. The SMILES string of the molecule is COc1ccc(Oc2c(C)oc3c4c(ccc3c2=O)OCN(Cc2ccccn2)C4)cc1. The van der Waals surface area contributed by atoms with Gasteiger partial charge in [-0.25, -0.2) is 0 Å². The number of aromatic nitrogens is 1. The maximum Gasteiger partial charge on any atom is 0.235 e. The van der Waals surface area contributed by atoms with E-state index in [4.69, 9.17) is 18.6 Å². The van der Waals surface area contributed by atoms with Crippen LogP contribution in [-0.2, 0) is 13.1 Å². The molecule has 32 heavy (non-hydrogen) atoms. The van der Waals surface area contributed by atoms with Gasteiger partial charge in [0.15, 0.2) is 0 Å². The molecule has 0 saturated carbocycles. The van der Waals surface area contributed by atoms with Gasteiger partial charge in [0.2, 0.25) is 11.2 Å². The molecular weight excluding hydrogens is 408 g/mol. The van der Waals surface area contributed by atoms with Gasteiger partial charge in [-0.05, 0) is 55.5 Å². The number of rotatable bonds is 5. The Bertz CT molecular complexity index is 1320. The van der Waals surface area contributed by atoms with Crippen molar-refractivity contribution < 1.29 is 18.6 Å². The van der Waals surface area contributed by atoms with Gasteiger partial charge in [0.1, 0.15) is 35.3 Å². The van der Waals surface area contributed by atoms with Crippen LogP contribution >= 0.6 is 0 Å². The second-order valence-corrected chi connectivity index (χ2v) is 7.59. The number of pyridine rings is 1. The summed E-state index contributed by atoms with van der Waals surface area (Å²) in [6.07, 6.45) is 1.77. The highest BCUT2D eigenvalue weighted by Crippen LogP contribution is 2.34. The predicted octanol–water partition coefficient (Wildman–Crippen LogP) is 4.65. The van der Waals surface area contributed by atoms with Crippen LogP contribution in [0.5, 0.6) is 23.0 Å². The van der Waals surface area contributed by atoms with E-state index in [0.717, 1.165) is 17.0 Å². The minimum Gasteiger partial charge on any atom is -0.497 e. The second kappa shape index (κ2) is 8.36. The molecule has 0 unspecified atom stereocenters. The molecule has 162 valence electrons. The summed E-state index contributed by atoms with van der Waals surface area (Å²) in [6, 6.07) is 16.4. The van der Waals surface area contributed by atoms with Crippen LogP contribution in [0.1, 0.15) is 17.0 Å². The first-order valence-electron chi connectivity index (χ1n) is 10.3. The van der Waals surface area contributed by atoms with Crippen LogP contribution in [0.2, 0.25) is 0 Å². The number of aryl methyl sites for hydroxylation is 1. The molecule has 5 rings (SSSR count). The molecule has 4 aromatic rings. The van der Waals surface area contributed by atoms with Crippen molar-refractivity contribution in [3.8, 4) is 23.0 Å². The lowest BCUT2D eigenvalue weighted by Crippen LogP contribution is -2.32. The van der Waals surface area contributed by atoms with Gasteiger partial charge in [-0.3, -0.25) is 14.7 Å². The van der Waals surface area contributed by atoms with Gasteiger partial charge >= 0.3 is 0 Å². The van der Waals surface area contributed by atoms with E-state index in [9.17, 15) is 4.79 Å².